The second-order valence-corrected chi connectivity index (χ2v) is 9.83. The van der Waals surface area contributed by atoms with E-state index in [0.29, 0.717) is 31.1 Å². The molecule has 6 nitrogen and oxygen atoms in total. The minimum Gasteiger partial charge on any atom is -0.325 e. The van der Waals surface area contributed by atoms with Gasteiger partial charge in [-0.25, -0.2) is 8.42 Å². The van der Waals surface area contributed by atoms with Crippen LogP contribution in [0.3, 0.4) is 0 Å². The van der Waals surface area contributed by atoms with Crippen molar-refractivity contribution in [3.8, 4) is 0 Å². The van der Waals surface area contributed by atoms with Gasteiger partial charge in [-0.1, -0.05) is 36.8 Å². The van der Waals surface area contributed by atoms with E-state index < -0.39 is 10.0 Å². The van der Waals surface area contributed by atoms with E-state index in [1.807, 2.05) is 62.1 Å². The molecule has 1 amide bonds. The normalized spacial score (nSPS) is 16.9. The third kappa shape index (κ3) is 4.91. The number of carbonyl (C=O) groups is 1. The van der Waals surface area contributed by atoms with Gasteiger partial charge in [0.25, 0.3) is 0 Å². The standard InChI is InChI=1S/C23H31N3O3S/c1-5-20-7-9-21(10-8-20)24-23(27)19(4)25-12-14-26(15-13-25)30(28,29)22-11-6-17(2)16-18(22)3/h6-11,16,19H,5,12-15H2,1-4H3,(H,24,27)/t19-/m0/s1. The number of rotatable bonds is 6. The summed E-state index contributed by atoms with van der Waals surface area (Å²) in [4.78, 5) is 15.1. The zero-order chi connectivity index (χ0) is 21.9. The molecular weight excluding hydrogens is 398 g/mol. The van der Waals surface area contributed by atoms with Crippen LogP contribution in [-0.4, -0.2) is 55.8 Å². The molecule has 0 spiro atoms. The molecule has 162 valence electrons. The number of sulfonamides is 1. The second kappa shape index (κ2) is 9.29. The number of piperazine rings is 1. The fourth-order valence-corrected chi connectivity index (χ4v) is 5.42. The zero-order valence-electron chi connectivity index (χ0n) is 18.2. The van der Waals surface area contributed by atoms with Crippen molar-refractivity contribution in [1.29, 1.82) is 0 Å². The Morgan fingerprint density at radius 2 is 1.67 bits per heavy atom. The molecule has 1 aliphatic rings. The van der Waals surface area contributed by atoms with Crippen molar-refractivity contribution in [1.82, 2.24) is 9.21 Å². The van der Waals surface area contributed by atoms with E-state index >= 15 is 0 Å². The largest absolute Gasteiger partial charge is 0.325 e. The van der Waals surface area contributed by atoms with Crippen molar-refractivity contribution in [2.75, 3.05) is 31.5 Å². The van der Waals surface area contributed by atoms with Crippen molar-refractivity contribution >= 4 is 21.6 Å². The Morgan fingerprint density at radius 1 is 1.03 bits per heavy atom. The molecule has 2 aromatic rings. The van der Waals surface area contributed by atoms with E-state index in [9.17, 15) is 13.2 Å². The van der Waals surface area contributed by atoms with Gasteiger partial charge in [-0.2, -0.15) is 4.31 Å². The molecule has 0 aromatic heterocycles. The Hall–Kier alpha value is -2.22. The first-order valence-corrected chi connectivity index (χ1v) is 11.9. The molecule has 0 aliphatic carbocycles. The predicted molar refractivity (Wildman–Crippen MR) is 120 cm³/mol. The number of carbonyl (C=O) groups excluding carboxylic acids is 1. The summed E-state index contributed by atoms with van der Waals surface area (Å²) >= 11 is 0. The van der Waals surface area contributed by atoms with Crippen molar-refractivity contribution in [3.05, 3.63) is 59.2 Å². The van der Waals surface area contributed by atoms with Gasteiger partial charge >= 0.3 is 0 Å². The quantitative estimate of drug-likeness (QED) is 0.766. The molecule has 30 heavy (non-hydrogen) atoms. The topological polar surface area (TPSA) is 69.7 Å². The summed E-state index contributed by atoms with van der Waals surface area (Å²) in [6.07, 6.45) is 0.958. The second-order valence-electron chi connectivity index (χ2n) is 7.92. The zero-order valence-corrected chi connectivity index (χ0v) is 19.0. The summed E-state index contributed by atoms with van der Waals surface area (Å²) in [6.45, 7) is 9.53. The summed E-state index contributed by atoms with van der Waals surface area (Å²) in [5.74, 6) is -0.0788. The Morgan fingerprint density at radius 3 is 2.23 bits per heavy atom. The molecular formula is C23H31N3O3S. The molecule has 7 heteroatoms. The first kappa shape index (κ1) is 22.5. The van der Waals surface area contributed by atoms with E-state index in [0.717, 1.165) is 23.2 Å². The smallest absolute Gasteiger partial charge is 0.243 e. The molecule has 1 heterocycles. The van der Waals surface area contributed by atoms with Gasteiger partial charge in [0.05, 0.1) is 10.9 Å². The highest BCUT2D eigenvalue weighted by atomic mass is 32.2. The lowest BCUT2D eigenvalue weighted by atomic mass is 10.1. The van der Waals surface area contributed by atoms with E-state index in [1.54, 1.807) is 6.07 Å². The molecule has 1 aliphatic heterocycles. The highest BCUT2D eigenvalue weighted by Gasteiger charge is 2.32. The molecule has 1 atom stereocenters. The van der Waals surface area contributed by atoms with Crippen LogP contribution in [0.2, 0.25) is 0 Å². The Balaban J connectivity index is 1.60. The van der Waals surface area contributed by atoms with Gasteiger partial charge in [-0.15, -0.1) is 0 Å². The molecule has 1 saturated heterocycles. The number of aryl methyl sites for hydroxylation is 3. The average molecular weight is 430 g/mol. The third-order valence-electron chi connectivity index (χ3n) is 5.78. The first-order chi connectivity index (χ1) is 14.2. The monoisotopic (exact) mass is 429 g/mol. The van der Waals surface area contributed by atoms with Crippen LogP contribution < -0.4 is 5.32 Å². The van der Waals surface area contributed by atoms with Gasteiger partial charge in [-0.3, -0.25) is 9.69 Å². The SMILES string of the molecule is CCc1ccc(NC(=O)[C@H](C)N2CCN(S(=O)(=O)c3ccc(C)cc3C)CC2)cc1. The highest BCUT2D eigenvalue weighted by Crippen LogP contribution is 2.23. The maximum atomic E-state index is 13.1. The van der Waals surface area contributed by atoms with Crippen molar-refractivity contribution in [2.45, 2.75) is 45.1 Å². The number of amides is 1. The third-order valence-corrected chi connectivity index (χ3v) is 7.84. The summed E-state index contributed by atoms with van der Waals surface area (Å²) < 4.78 is 27.6. The summed E-state index contributed by atoms with van der Waals surface area (Å²) in [7, 11) is -3.53. The number of hydrogen-bond donors (Lipinski definition) is 1. The van der Waals surface area contributed by atoms with E-state index in [2.05, 4.69) is 12.2 Å². The fraction of sp³-hybridized carbons (Fsp3) is 0.435. The lowest BCUT2D eigenvalue weighted by Gasteiger charge is -2.36. The van der Waals surface area contributed by atoms with Crippen LogP contribution in [0, 0.1) is 13.8 Å². The lowest BCUT2D eigenvalue weighted by molar-refractivity contribution is -0.121. The van der Waals surface area contributed by atoms with Crippen LogP contribution in [0.1, 0.15) is 30.5 Å². The Kier molecular flexibility index (Phi) is 6.95. The number of benzene rings is 2. The average Bonchev–Trinajstić information content (AvgIpc) is 2.73. The maximum absolute atomic E-state index is 13.1. The van der Waals surface area contributed by atoms with Crippen LogP contribution >= 0.6 is 0 Å². The Bertz CT molecular complexity index is 995. The molecule has 0 bridgehead atoms. The Labute approximate surface area is 179 Å². The van der Waals surface area contributed by atoms with E-state index in [4.69, 9.17) is 0 Å². The maximum Gasteiger partial charge on any atom is 0.243 e. The fourth-order valence-electron chi connectivity index (χ4n) is 3.80. The molecule has 0 radical (unpaired) electrons. The van der Waals surface area contributed by atoms with Gasteiger partial charge in [0.1, 0.15) is 0 Å². The highest BCUT2D eigenvalue weighted by molar-refractivity contribution is 7.89. The number of nitrogens with one attached hydrogen (secondary N) is 1. The number of nitrogens with zero attached hydrogens (tertiary/aromatic N) is 2. The summed E-state index contributed by atoms with van der Waals surface area (Å²) in [5.41, 5.74) is 3.81. The molecule has 0 saturated carbocycles. The first-order valence-electron chi connectivity index (χ1n) is 10.4. The number of anilines is 1. The lowest BCUT2D eigenvalue weighted by Crippen LogP contribution is -2.54. The van der Waals surface area contributed by atoms with Gasteiger partial charge in [0.2, 0.25) is 15.9 Å². The van der Waals surface area contributed by atoms with Gasteiger partial charge in [0.15, 0.2) is 0 Å². The minimum absolute atomic E-state index is 0.0788. The van der Waals surface area contributed by atoms with E-state index in [1.165, 1.54) is 9.87 Å². The molecule has 1 fully saturated rings. The van der Waals surface area contributed by atoms with Crippen molar-refractivity contribution < 1.29 is 13.2 Å². The van der Waals surface area contributed by atoms with Crippen LogP contribution in [0.25, 0.3) is 0 Å². The molecule has 3 rings (SSSR count). The van der Waals surface area contributed by atoms with Crippen molar-refractivity contribution in [2.24, 2.45) is 0 Å². The van der Waals surface area contributed by atoms with Crippen LogP contribution in [0.4, 0.5) is 5.69 Å². The number of hydrogen-bond acceptors (Lipinski definition) is 4. The molecule has 0 unspecified atom stereocenters. The van der Waals surface area contributed by atoms with Crippen LogP contribution in [0.5, 0.6) is 0 Å². The van der Waals surface area contributed by atoms with Crippen LogP contribution in [-0.2, 0) is 21.2 Å². The van der Waals surface area contributed by atoms with E-state index in [-0.39, 0.29) is 11.9 Å². The van der Waals surface area contributed by atoms with Gasteiger partial charge in [0, 0.05) is 31.9 Å². The minimum atomic E-state index is -3.53. The van der Waals surface area contributed by atoms with Gasteiger partial charge < -0.3 is 5.32 Å². The van der Waals surface area contributed by atoms with Crippen molar-refractivity contribution in [3.63, 3.8) is 0 Å². The summed E-state index contributed by atoms with van der Waals surface area (Å²) in [6, 6.07) is 12.9. The summed E-state index contributed by atoms with van der Waals surface area (Å²) in [5, 5.41) is 2.96. The van der Waals surface area contributed by atoms with Gasteiger partial charge in [-0.05, 0) is 56.5 Å². The predicted octanol–water partition coefficient (Wildman–Crippen LogP) is 3.20. The molecule has 1 N–H and O–H groups in total. The molecule has 2 aromatic carbocycles. The van der Waals surface area contributed by atoms with Crippen LogP contribution in [0.15, 0.2) is 47.4 Å².